The fraction of sp³-hybridized carbons (Fsp3) is 0.533. The van der Waals surface area contributed by atoms with E-state index in [4.69, 9.17) is 28.9 Å². The fourth-order valence-electron chi connectivity index (χ4n) is 4.80. The zero-order chi connectivity index (χ0) is 28.0. The molecule has 2 aromatic carbocycles. The largest absolute Gasteiger partial charge is 0.483 e. The number of aryl methyl sites for hydroxylation is 1. The lowest BCUT2D eigenvalue weighted by atomic mass is 10.1. The highest BCUT2D eigenvalue weighted by Crippen LogP contribution is 2.42. The van der Waals surface area contributed by atoms with E-state index in [1.807, 2.05) is 45.9 Å². The summed E-state index contributed by atoms with van der Waals surface area (Å²) in [6.45, 7) is 12.9. The van der Waals surface area contributed by atoms with Gasteiger partial charge in [-0.1, -0.05) is 44.2 Å². The Balaban J connectivity index is 0.00000172. The number of ether oxygens (including phenoxy) is 4. The van der Waals surface area contributed by atoms with Gasteiger partial charge in [-0.05, 0) is 53.9 Å². The van der Waals surface area contributed by atoms with Crippen molar-refractivity contribution in [2.45, 2.75) is 65.3 Å². The molecule has 1 N–H and O–H groups in total. The summed E-state index contributed by atoms with van der Waals surface area (Å²) < 4.78 is 24.9. The number of halogens is 1. The van der Waals surface area contributed by atoms with E-state index in [1.54, 1.807) is 6.92 Å². The van der Waals surface area contributed by atoms with Crippen molar-refractivity contribution in [1.29, 1.82) is 0 Å². The maximum Gasteiger partial charge on any atom is 0.319 e. The number of aliphatic hydroxyl groups is 1. The van der Waals surface area contributed by atoms with E-state index in [2.05, 4.69) is 39.0 Å². The van der Waals surface area contributed by atoms with Crippen molar-refractivity contribution in [3.05, 3.63) is 52.0 Å². The Kier molecular flexibility index (Phi) is 10.0. The molecule has 0 radical (unpaired) electrons. The monoisotopic (exact) mass is 601 g/mol. The minimum atomic E-state index is -1.01. The molecule has 2 saturated heterocycles. The third kappa shape index (κ3) is 7.20. The molecule has 2 aliphatic heterocycles. The van der Waals surface area contributed by atoms with Crippen LogP contribution in [-0.4, -0.2) is 66.3 Å². The summed E-state index contributed by atoms with van der Waals surface area (Å²) in [6, 6.07) is 12.5. The van der Waals surface area contributed by atoms with Crippen LogP contribution in [0.5, 0.6) is 11.8 Å². The average Bonchev–Trinajstić information content (AvgIpc) is 3.13. The SMILES string of the molecule is CC.Cc1cc2c(N3CCOCC(C)(O)C3)nc(OC3CCOCC3)nc2c(OC(C)c2ccccc2)c1Br. The number of hydrogen-bond donors (Lipinski definition) is 1. The molecule has 9 heteroatoms. The normalized spacial score (nSPS) is 21.1. The predicted octanol–water partition coefficient (Wildman–Crippen LogP) is 6.01. The third-order valence-electron chi connectivity index (χ3n) is 6.78. The minimum Gasteiger partial charge on any atom is -0.483 e. The quantitative estimate of drug-likeness (QED) is 0.367. The van der Waals surface area contributed by atoms with Gasteiger partial charge in [-0.3, -0.25) is 0 Å². The maximum absolute atomic E-state index is 10.9. The van der Waals surface area contributed by atoms with E-state index >= 15 is 0 Å². The lowest BCUT2D eigenvalue weighted by molar-refractivity contribution is -0.0123. The van der Waals surface area contributed by atoms with E-state index in [-0.39, 0.29) is 18.8 Å². The summed E-state index contributed by atoms with van der Waals surface area (Å²) in [5.74, 6) is 1.34. The predicted molar refractivity (Wildman–Crippen MR) is 157 cm³/mol. The minimum absolute atomic E-state index is 0.0175. The smallest absolute Gasteiger partial charge is 0.319 e. The van der Waals surface area contributed by atoms with Crippen LogP contribution in [0, 0.1) is 6.92 Å². The van der Waals surface area contributed by atoms with Gasteiger partial charge in [0.2, 0.25) is 0 Å². The van der Waals surface area contributed by atoms with Crippen LogP contribution < -0.4 is 14.4 Å². The Labute approximate surface area is 239 Å². The highest BCUT2D eigenvalue weighted by Gasteiger charge is 2.31. The molecule has 0 aliphatic carbocycles. The zero-order valence-electron chi connectivity index (χ0n) is 23.6. The Hall–Kier alpha value is -2.46. The van der Waals surface area contributed by atoms with Gasteiger partial charge in [0.25, 0.3) is 0 Å². The Morgan fingerprint density at radius 3 is 2.54 bits per heavy atom. The third-order valence-corrected chi connectivity index (χ3v) is 7.77. The number of fused-ring (bicyclic) bond motifs is 1. The van der Waals surface area contributed by atoms with Gasteiger partial charge in [0.05, 0.1) is 37.4 Å². The summed E-state index contributed by atoms with van der Waals surface area (Å²) in [5.41, 5.74) is 1.72. The summed E-state index contributed by atoms with van der Waals surface area (Å²) >= 11 is 3.76. The van der Waals surface area contributed by atoms with Crippen molar-refractivity contribution in [3.8, 4) is 11.8 Å². The van der Waals surface area contributed by atoms with Gasteiger partial charge in [-0.25, -0.2) is 0 Å². The van der Waals surface area contributed by atoms with Crippen LogP contribution in [-0.2, 0) is 9.47 Å². The molecule has 3 heterocycles. The Morgan fingerprint density at radius 2 is 1.82 bits per heavy atom. The van der Waals surface area contributed by atoms with Crippen molar-refractivity contribution in [2.75, 3.05) is 44.4 Å². The molecule has 39 heavy (non-hydrogen) atoms. The van der Waals surface area contributed by atoms with Crippen LogP contribution in [0.2, 0.25) is 0 Å². The number of anilines is 1. The highest BCUT2D eigenvalue weighted by molar-refractivity contribution is 9.10. The van der Waals surface area contributed by atoms with Crippen LogP contribution in [0.1, 0.15) is 57.8 Å². The molecule has 212 valence electrons. The topological polar surface area (TPSA) is 86.2 Å². The van der Waals surface area contributed by atoms with E-state index in [0.29, 0.717) is 56.0 Å². The van der Waals surface area contributed by atoms with Crippen LogP contribution in [0.25, 0.3) is 10.9 Å². The molecule has 5 rings (SSSR count). The second kappa shape index (κ2) is 13.3. The first-order valence-electron chi connectivity index (χ1n) is 13.8. The van der Waals surface area contributed by atoms with Crippen molar-refractivity contribution in [2.24, 2.45) is 0 Å². The lowest BCUT2D eigenvalue weighted by Gasteiger charge is -2.30. The van der Waals surface area contributed by atoms with Gasteiger partial charge in [-0.2, -0.15) is 9.97 Å². The van der Waals surface area contributed by atoms with E-state index in [1.165, 1.54) is 0 Å². The van der Waals surface area contributed by atoms with E-state index < -0.39 is 5.60 Å². The van der Waals surface area contributed by atoms with E-state index in [9.17, 15) is 5.11 Å². The van der Waals surface area contributed by atoms with Crippen molar-refractivity contribution >= 4 is 32.7 Å². The molecule has 2 unspecified atom stereocenters. The number of rotatable bonds is 6. The summed E-state index contributed by atoms with van der Waals surface area (Å²) in [5, 5.41) is 11.7. The molecule has 0 amide bonds. The molecular formula is C30H40BrN3O5. The molecule has 2 atom stereocenters. The van der Waals surface area contributed by atoms with Crippen LogP contribution in [0.4, 0.5) is 5.82 Å². The van der Waals surface area contributed by atoms with Crippen LogP contribution >= 0.6 is 15.9 Å². The van der Waals surface area contributed by atoms with Crippen LogP contribution in [0.3, 0.4) is 0 Å². The van der Waals surface area contributed by atoms with Gasteiger partial charge < -0.3 is 29.0 Å². The van der Waals surface area contributed by atoms with Gasteiger partial charge in [0.15, 0.2) is 5.75 Å². The second-order valence-corrected chi connectivity index (χ2v) is 10.9. The van der Waals surface area contributed by atoms with Crippen molar-refractivity contribution < 1.29 is 24.1 Å². The highest BCUT2D eigenvalue weighted by atomic mass is 79.9. The average molecular weight is 603 g/mol. The molecule has 8 nitrogen and oxygen atoms in total. The standard InChI is InChI=1S/C28H34BrN3O5.C2H6/c1-18-15-22-24(25(23(18)29)36-19(2)20-7-5-4-6-8-20)30-27(37-21-9-12-34-13-10-21)31-26(22)32-11-14-35-17-28(3,33)16-32;1-2/h4-8,15,19,21,33H,9-14,16-17H2,1-3H3;1-2H3. The number of nitrogens with zero attached hydrogens (tertiary/aromatic N) is 3. The summed E-state index contributed by atoms with van der Waals surface area (Å²) in [6.07, 6.45) is 1.36. The molecule has 1 aromatic heterocycles. The molecular weight excluding hydrogens is 562 g/mol. The first kappa shape index (κ1) is 29.5. The molecule has 2 fully saturated rings. The van der Waals surface area contributed by atoms with E-state index in [0.717, 1.165) is 33.8 Å². The zero-order valence-corrected chi connectivity index (χ0v) is 25.2. The number of hydrogen-bond acceptors (Lipinski definition) is 8. The van der Waals surface area contributed by atoms with Crippen LogP contribution in [0.15, 0.2) is 40.9 Å². The molecule has 0 saturated carbocycles. The first-order valence-corrected chi connectivity index (χ1v) is 14.6. The number of benzene rings is 2. The molecule has 0 bridgehead atoms. The summed E-state index contributed by atoms with van der Waals surface area (Å²) in [7, 11) is 0. The fourth-order valence-corrected chi connectivity index (χ4v) is 5.20. The van der Waals surface area contributed by atoms with Gasteiger partial charge in [-0.15, -0.1) is 0 Å². The van der Waals surface area contributed by atoms with Gasteiger partial charge in [0, 0.05) is 24.8 Å². The number of β-amino-alcohol motifs (C(OH)–C–C–N with tert-alkyl or cyclic N) is 1. The van der Waals surface area contributed by atoms with Gasteiger partial charge >= 0.3 is 6.01 Å². The van der Waals surface area contributed by atoms with Crippen molar-refractivity contribution in [3.63, 3.8) is 0 Å². The maximum atomic E-state index is 10.9. The van der Waals surface area contributed by atoms with Gasteiger partial charge in [0.1, 0.15) is 29.1 Å². The summed E-state index contributed by atoms with van der Waals surface area (Å²) in [4.78, 5) is 11.8. The molecule has 2 aliphatic rings. The molecule has 0 spiro atoms. The lowest BCUT2D eigenvalue weighted by Crippen LogP contribution is -2.42. The Morgan fingerprint density at radius 1 is 1.10 bits per heavy atom. The first-order chi connectivity index (χ1) is 18.8. The molecule has 3 aromatic rings. The Bertz CT molecular complexity index is 1230. The number of aromatic nitrogens is 2. The second-order valence-electron chi connectivity index (χ2n) is 10.1. The van der Waals surface area contributed by atoms with Crippen molar-refractivity contribution in [1.82, 2.24) is 9.97 Å².